The fraction of sp³-hybridized carbons (Fsp3) is 0.500. The monoisotopic (exact) mass is 368 g/mol. The molecule has 2 heteroatoms. The molecule has 0 heterocycles. The normalized spacial score (nSPS) is 46.5. The van der Waals surface area contributed by atoms with E-state index in [-0.39, 0.29) is 17.8 Å². The summed E-state index contributed by atoms with van der Waals surface area (Å²) in [6.07, 6.45) is 25.9. The van der Waals surface area contributed by atoms with Crippen molar-refractivity contribution < 1.29 is 4.57 Å². The Kier molecular flexibility index (Phi) is 4.77. The Morgan fingerprint density at radius 2 is 0.846 bits per heavy atom. The Morgan fingerprint density at radius 1 is 0.577 bits per heavy atom. The van der Waals surface area contributed by atoms with Gasteiger partial charge in [0.1, 0.15) is 7.14 Å². The molecular formula is C24H33OP. The summed E-state index contributed by atoms with van der Waals surface area (Å²) in [5.74, 6) is 0.681. The minimum absolute atomic E-state index is 0.227. The molecule has 3 aliphatic carbocycles. The van der Waals surface area contributed by atoms with Crippen LogP contribution in [0.4, 0.5) is 0 Å². The fourth-order valence-corrected chi connectivity index (χ4v) is 11.2. The molecule has 0 spiro atoms. The molecule has 0 radical (unpaired) electrons. The van der Waals surface area contributed by atoms with Gasteiger partial charge in [-0.25, -0.2) is 0 Å². The highest BCUT2D eigenvalue weighted by molar-refractivity contribution is 7.69. The van der Waals surface area contributed by atoms with E-state index in [0.29, 0.717) is 0 Å². The minimum atomic E-state index is -2.86. The number of allylic oxidation sites excluding steroid dienone is 12. The third-order valence-electron chi connectivity index (χ3n) is 7.63. The first-order valence-electron chi connectivity index (χ1n) is 9.82. The first-order valence-corrected chi connectivity index (χ1v) is 11.5. The van der Waals surface area contributed by atoms with E-state index in [0.717, 1.165) is 0 Å². The van der Waals surface area contributed by atoms with Gasteiger partial charge in [0.15, 0.2) is 0 Å². The van der Waals surface area contributed by atoms with Crippen molar-refractivity contribution in [1.29, 1.82) is 0 Å². The SMILES string of the molecule is CC1C=CC=CC1(C)P(=O)(C1(C)C=CC=CC1C)C1(C)C=CC=CC1C. The lowest BCUT2D eigenvalue weighted by Crippen LogP contribution is -2.52. The van der Waals surface area contributed by atoms with Crippen LogP contribution in [0, 0.1) is 17.8 Å². The summed E-state index contributed by atoms with van der Waals surface area (Å²) in [5.41, 5.74) is 0. The van der Waals surface area contributed by atoms with Crippen molar-refractivity contribution in [3.8, 4) is 0 Å². The standard InChI is InChI=1S/C24H33OP/c1-19-13-7-10-16-22(19,4)26(25,23(5)17-11-8-14-20(23)2)24(6)18-12-9-15-21(24)3/h7-21H,1-6H3. The van der Waals surface area contributed by atoms with E-state index >= 15 is 4.57 Å². The summed E-state index contributed by atoms with van der Waals surface area (Å²) < 4.78 is 15.6. The zero-order valence-electron chi connectivity index (χ0n) is 17.0. The second kappa shape index (κ2) is 6.38. The molecule has 0 aromatic rings. The molecule has 3 rings (SSSR count). The average molecular weight is 369 g/mol. The van der Waals surface area contributed by atoms with E-state index in [1.54, 1.807) is 0 Å². The van der Waals surface area contributed by atoms with E-state index in [4.69, 9.17) is 0 Å². The van der Waals surface area contributed by atoms with Crippen molar-refractivity contribution in [3.05, 3.63) is 72.9 Å². The maximum atomic E-state index is 15.6. The third-order valence-corrected chi connectivity index (χ3v) is 13.4. The van der Waals surface area contributed by atoms with Gasteiger partial charge in [-0.2, -0.15) is 0 Å². The van der Waals surface area contributed by atoms with Crippen molar-refractivity contribution >= 4 is 7.14 Å². The Bertz CT molecular complexity index is 690. The van der Waals surface area contributed by atoms with Crippen molar-refractivity contribution in [1.82, 2.24) is 0 Å². The summed E-state index contributed by atoms with van der Waals surface area (Å²) in [6, 6.07) is 0. The summed E-state index contributed by atoms with van der Waals surface area (Å²) in [5, 5.41) is -1.17. The van der Waals surface area contributed by atoms with E-state index in [1.807, 2.05) is 0 Å². The molecule has 0 saturated carbocycles. The molecule has 0 saturated heterocycles. The maximum Gasteiger partial charge on any atom is 0.117 e. The van der Waals surface area contributed by atoms with Gasteiger partial charge in [-0.05, 0) is 38.5 Å². The van der Waals surface area contributed by atoms with Gasteiger partial charge in [0, 0.05) is 15.5 Å². The lowest BCUT2D eigenvalue weighted by molar-refractivity contribution is 0.417. The Hall–Kier alpha value is -1.33. The highest BCUT2D eigenvalue weighted by atomic mass is 31.2. The molecule has 1 nitrogen and oxygen atoms in total. The molecule has 0 bridgehead atoms. The summed E-state index contributed by atoms with van der Waals surface area (Å²) in [7, 11) is -2.86. The zero-order valence-corrected chi connectivity index (χ0v) is 17.9. The van der Waals surface area contributed by atoms with Crippen molar-refractivity contribution in [3.63, 3.8) is 0 Å². The number of rotatable bonds is 3. The van der Waals surface area contributed by atoms with Gasteiger partial charge < -0.3 is 4.57 Å². The fourth-order valence-electron chi connectivity index (χ4n) is 5.22. The second-order valence-electron chi connectivity index (χ2n) is 8.88. The summed E-state index contributed by atoms with van der Waals surface area (Å²) >= 11 is 0. The molecule has 3 aliphatic rings. The molecule has 0 N–H and O–H groups in total. The molecule has 0 aromatic carbocycles. The quantitative estimate of drug-likeness (QED) is 0.495. The van der Waals surface area contributed by atoms with Crippen LogP contribution >= 0.6 is 7.14 Å². The van der Waals surface area contributed by atoms with Crippen LogP contribution in [-0.2, 0) is 4.57 Å². The zero-order chi connectivity index (χ0) is 19.2. The first kappa shape index (κ1) is 19.4. The summed E-state index contributed by atoms with van der Waals surface area (Å²) in [6.45, 7) is 13.4. The van der Waals surface area contributed by atoms with E-state index in [1.165, 1.54) is 0 Å². The van der Waals surface area contributed by atoms with Crippen molar-refractivity contribution in [2.24, 2.45) is 17.8 Å². The van der Waals surface area contributed by atoms with Gasteiger partial charge >= 0.3 is 0 Å². The van der Waals surface area contributed by atoms with Crippen LogP contribution in [0.15, 0.2) is 72.9 Å². The molecule has 0 amide bonds. The lowest BCUT2D eigenvalue weighted by Gasteiger charge is -2.59. The van der Waals surface area contributed by atoms with Crippen LogP contribution in [0.25, 0.3) is 0 Å². The van der Waals surface area contributed by atoms with E-state index < -0.39 is 22.6 Å². The molecule has 6 atom stereocenters. The molecule has 0 aromatic heterocycles. The molecular weight excluding hydrogens is 335 g/mol. The molecule has 0 fully saturated rings. The molecule has 26 heavy (non-hydrogen) atoms. The maximum absolute atomic E-state index is 15.6. The number of hydrogen-bond donors (Lipinski definition) is 0. The molecule has 140 valence electrons. The van der Waals surface area contributed by atoms with Crippen LogP contribution in [0.2, 0.25) is 0 Å². The van der Waals surface area contributed by atoms with Gasteiger partial charge in [-0.15, -0.1) is 0 Å². The van der Waals surface area contributed by atoms with Gasteiger partial charge in [0.25, 0.3) is 0 Å². The predicted octanol–water partition coefficient (Wildman–Crippen LogP) is 6.91. The van der Waals surface area contributed by atoms with Crippen LogP contribution in [0.1, 0.15) is 41.5 Å². The predicted molar refractivity (Wildman–Crippen MR) is 115 cm³/mol. The smallest absolute Gasteiger partial charge is 0.117 e. The molecule has 6 unspecified atom stereocenters. The van der Waals surface area contributed by atoms with Gasteiger partial charge in [0.2, 0.25) is 0 Å². The third kappa shape index (κ3) is 2.32. The highest BCUT2D eigenvalue weighted by Crippen LogP contribution is 2.81. The largest absolute Gasteiger partial charge is 0.321 e. The van der Waals surface area contributed by atoms with Crippen LogP contribution in [0.5, 0.6) is 0 Å². The Balaban J connectivity index is 2.33. The van der Waals surface area contributed by atoms with Gasteiger partial charge in [-0.3, -0.25) is 0 Å². The summed E-state index contributed by atoms with van der Waals surface area (Å²) in [4.78, 5) is 0. The topological polar surface area (TPSA) is 17.1 Å². The van der Waals surface area contributed by atoms with Crippen LogP contribution < -0.4 is 0 Å². The number of hydrogen-bond acceptors (Lipinski definition) is 1. The van der Waals surface area contributed by atoms with Gasteiger partial charge in [-0.1, -0.05) is 93.7 Å². The highest BCUT2D eigenvalue weighted by Gasteiger charge is 2.65. The van der Waals surface area contributed by atoms with Crippen LogP contribution in [-0.4, -0.2) is 15.5 Å². The van der Waals surface area contributed by atoms with E-state index in [2.05, 4.69) is 114 Å². The van der Waals surface area contributed by atoms with Crippen LogP contribution in [0.3, 0.4) is 0 Å². The minimum Gasteiger partial charge on any atom is -0.321 e. The van der Waals surface area contributed by atoms with Crippen molar-refractivity contribution in [2.45, 2.75) is 57.0 Å². The van der Waals surface area contributed by atoms with E-state index in [9.17, 15) is 0 Å². The Labute approximate surface area is 159 Å². The first-order chi connectivity index (χ1) is 12.1. The molecule has 0 aliphatic heterocycles. The van der Waals surface area contributed by atoms with Gasteiger partial charge in [0.05, 0.1) is 0 Å². The lowest BCUT2D eigenvalue weighted by atomic mass is 9.88. The second-order valence-corrected chi connectivity index (χ2v) is 13.0. The van der Waals surface area contributed by atoms with Crippen molar-refractivity contribution in [2.75, 3.05) is 0 Å². The average Bonchev–Trinajstić information content (AvgIpc) is 2.62. The Morgan fingerprint density at radius 3 is 1.08 bits per heavy atom.